The first-order chi connectivity index (χ1) is 18.1. The van der Waals surface area contributed by atoms with E-state index in [4.69, 9.17) is 4.98 Å². The number of amides is 1. The Bertz CT molecular complexity index is 1400. The molecule has 1 saturated carbocycles. The predicted molar refractivity (Wildman–Crippen MR) is 148 cm³/mol. The van der Waals surface area contributed by atoms with Gasteiger partial charge in [0.25, 0.3) is 0 Å². The summed E-state index contributed by atoms with van der Waals surface area (Å²) in [6, 6.07) is 10.8. The van der Waals surface area contributed by atoms with Crippen molar-refractivity contribution in [3.8, 4) is 16.9 Å². The third-order valence-corrected chi connectivity index (χ3v) is 8.81. The molecule has 2 N–H and O–H groups in total. The van der Waals surface area contributed by atoms with Gasteiger partial charge in [0.15, 0.2) is 0 Å². The van der Waals surface area contributed by atoms with Crippen LogP contribution in [0.3, 0.4) is 0 Å². The van der Waals surface area contributed by atoms with Crippen LogP contribution in [0.4, 0.5) is 5.95 Å². The van der Waals surface area contributed by atoms with Crippen molar-refractivity contribution in [1.29, 1.82) is 0 Å². The van der Waals surface area contributed by atoms with Gasteiger partial charge in [0.2, 0.25) is 11.9 Å². The molecule has 0 radical (unpaired) electrons. The van der Waals surface area contributed by atoms with Crippen molar-refractivity contribution < 1.29 is 9.90 Å². The molecule has 1 saturated heterocycles. The van der Waals surface area contributed by atoms with E-state index in [1.165, 1.54) is 22.1 Å². The fourth-order valence-electron chi connectivity index (χ4n) is 5.80. The van der Waals surface area contributed by atoms with Crippen LogP contribution < -0.4 is 5.32 Å². The summed E-state index contributed by atoms with van der Waals surface area (Å²) in [4.78, 5) is 24.2. The molecule has 1 aromatic carbocycles. The predicted octanol–water partition coefficient (Wildman–Crippen LogP) is 5.41. The molecule has 0 atom stereocenters. The number of carbonyl (C=O) groups excluding carboxylic acids is 1. The number of anilines is 1. The van der Waals surface area contributed by atoms with Gasteiger partial charge in [-0.15, -0.1) is 0 Å². The molecule has 1 aliphatic carbocycles. The van der Waals surface area contributed by atoms with Gasteiger partial charge in [-0.1, -0.05) is 12.1 Å². The van der Waals surface area contributed by atoms with Crippen molar-refractivity contribution >= 4 is 34.1 Å². The number of aliphatic hydroxyl groups is 1. The Labute approximate surface area is 221 Å². The lowest BCUT2D eigenvalue weighted by Crippen LogP contribution is -2.44. The van der Waals surface area contributed by atoms with Crippen molar-refractivity contribution in [2.75, 3.05) is 18.4 Å². The number of likely N-dealkylation sites (tertiary alicyclic amines) is 1. The number of nitrogens with one attached hydrogen (secondary N) is 1. The largest absolute Gasteiger partial charge is 0.393 e. The van der Waals surface area contributed by atoms with Crippen molar-refractivity contribution in [3.63, 3.8) is 0 Å². The molecule has 0 unspecified atom stereocenters. The number of thiophene rings is 1. The number of nitrogens with zero attached hydrogens (tertiary/aromatic N) is 4. The van der Waals surface area contributed by atoms with E-state index in [0.717, 1.165) is 37.0 Å². The molecule has 8 heteroatoms. The average Bonchev–Trinajstić information content (AvgIpc) is 3.55. The van der Waals surface area contributed by atoms with Crippen LogP contribution in [0, 0.1) is 12.8 Å². The van der Waals surface area contributed by atoms with Crippen molar-refractivity contribution in [2.24, 2.45) is 5.92 Å². The fourth-order valence-corrected chi connectivity index (χ4v) is 6.65. The van der Waals surface area contributed by atoms with Crippen LogP contribution in [-0.4, -0.2) is 55.7 Å². The topological polar surface area (TPSA) is 83.3 Å². The number of piperidine rings is 1. The van der Waals surface area contributed by atoms with E-state index in [2.05, 4.69) is 63.0 Å². The first-order valence-electron chi connectivity index (χ1n) is 13.3. The lowest BCUT2D eigenvalue weighted by atomic mass is 9.85. The number of fused-ring (bicyclic) bond motifs is 1. The van der Waals surface area contributed by atoms with Crippen molar-refractivity contribution in [3.05, 3.63) is 59.0 Å². The Hall–Kier alpha value is -3.23. The van der Waals surface area contributed by atoms with E-state index in [0.29, 0.717) is 31.9 Å². The summed E-state index contributed by atoms with van der Waals surface area (Å²) >= 11 is 1.73. The second-order valence-electron chi connectivity index (χ2n) is 10.4. The van der Waals surface area contributed by atoms with Crippen LogP contribution in [0.2, 0.25) is 0 Å². The minimum Gasteiger partial charge on any atom is -0.393 e. The smallest absolute Gasteiger partial charge is 0.225 e. The lowest BCUT2D eigenvalue weighted by Gasteiger charge is -2.35. The van der Waals surface area contributed by atoms with Gasteiger partial charge in [-0.2, -0.15) is 16.3 Å². The van der Waals surface area contributed by atoms with Crippen LogP contribution in [0.5, 0.6) is 0 Å². The molecule has 2 aliphatic rings. The second kappa shape index (κ2) is 10.3. The third kappa shape index (κ3) is 4.88. The highest BCUT2D eigenvalue weighted by atomic mass is 32.1. The van der Waals surface area contributed by atoms with Gasteiger partial charge in [0.1, 0.15) is 5.82 Å². The molecule has 1 amide bonds. The van der Waals surface area contributed by atoms with E-state index < -0.39 is 0 Å². The number of rotatable bonds is 5. The molecular formula is C29H33N5O2S. The summed E-state index contributed by atoms with van der Waals surface area (Å²) < 4.78 is 2.12. The second-order valence-corrected chi connectivity index (χ2v) is 11.1. The van der Waals surface area contributed by atoms with Crippen LogP contribution in [-0.2, 0) is 4.79 Å². The van der Waals surface area contributed by atoms with Crippen molar-refractivity contribution in [2.45, 2.75) is 57.6 Å². The van der Waals surface area contributed by atoms with Crippen LogP contribution in [0.1, 0.15) is 44.1 Å². The summed E-state index contributed by atoms with van der Waals surface area (Å²) in [7, 11) is 0. The van der Waals surface area contributed by atoms with Gasteiger partial charge in [-0.05, 0) is 91.1 Å². The molecule has 0 spiro atoms. The monoisotopic (exact) mass is 515 g/mol. The molecular weight excluding hydrogens is 482 g/mol. The Morgan fingerprint density at radius 3 is 2.59 bits per heavy atom. The molecule has 37 heavy (non-hydrogen) atoms. The normalized spacial score (nSPS) is 20.9. The summed E-state index contributed by atoms with van der Waals surface area (Å²) in [5.74, 6) is 1.82. The number of aliphatic hydroxyl groups excluding tert-OH is 1. The maximum atomic E-state index is 12.9. The molecule has 6 rings (SSSR count). The van der Waals surface area contributed by atoms with E-state index in [1.807, 2.05) is 17.2 Å². The summed E-state index contributed by atoms with van der Waals surface area (Å²) in [6.45, 7) is 3.52. The minimum absolute atomic E-state index is 0.0906. The van der Waals surface area contributed by atoms with Gasteiger partial charge < -0.3 is 19.9 Å². The van der Waals surface area contributed by atoms with E-state index in [9.17, 15) is 9.90 Å². The molecule has 1 aliphatic heterocycles. The van der Waals surface area contributed by atoms with Gasteiger partial charge in [-0.25, -0.2) is 4.98 Å². The standard InChI is InChI=1S/C29H33N5O2S/c1-19-17-37-18-25(19)23-3-2-4-26-24(23)12-16-34(26)27-9-13-30-29(32-27)31-21-7-5-20(6-8-21)28(36)33-14-10-22(35)11-15-33/h2-4,9,12-13,16-18,20-22,35H,5-8,10-11,14-15H2,1H3,(H,30,31,32). The maximum absolute atomic E-state index is 12.9. The van der Waals surface area contributed by atoms with Crippen LogP contribution >= 0.6 is 11.3 Å². The van der Waals surface area contributed by atoms with Gasteiger partial charge >= 0.3 is 0 Å². The molecule has 4 aromatic rings. The lowest BCUT2D eigenvalue weighted by molar-refractivity contribution is -0.138. The Morgan fingerprint density at radius 1 is 1.03 bits per heavy atom. The molecule has 192 valence electrons. The highest BCUT2D eigenvalue weighted by Crippen LogP contribution is 2.34. The van der Waals surface area contributed by atoms with E-state index in [-0.39, 0.29) is 24.0 Å². The first-order valence-corrected chi connectivity index (χ1v) is 14.2. The Balaban J connectivity index is 1.14. The van der Waals surface area contributed by atoms with Crippen molar-refractivity contribution in [1.82, 2.24) is 19.4 Å². The van der Waals surface area contributed by atoms with E-state index in [1.54, 1.807) is 11.3 Å². The Morgan fingerprint density at radius 2 is 1.84 bits per heavy atom. The molecule has 4 heterocycles. The number of hydrogen-bond acceptors (Lipinski definition) is 6. The van der Waals surface area contributed by atoms with Crippen LogP contribution in [0.25, 0.3) is 27.8 Å². The summed E-state index contributed by atoms with van der Waals surface area (Å²) in [5.41, 5.74) is 4.95. The van der Waals surface area contributed by atoms with Gasteiger partial charge in [-0.3, -0.25) is 4.79 Å². The van der Waals surface area contributed by atoms with Crippen LogP contribution in [0.15, 0.2) is 53.5 Å². The Kier molecular flexibility index (Phi) is 6.69. The number of carbonyl (C=O) groups is 1. The highest BCUT2D eigenvalue weighted by Gasteiger charge is 2.31. The third-order valence-electron chi connectivity index (χ3n) is 7.95. The number of benzene rings is 1. The molecule has 2 fully saturated rings. The highest BCUT2D eigenvalue weighted by molar-refractivity contribution is 7.08. The molecule has 7 nitrogen and oxygen atoms in total. The average molecular weight is 516 g/mol. The minimum atomic E-state index is -0.253. The molecule has 0 bridgehead atoms. The van der Waals surface area contributed by atoms with Gasteiger partial charge in [0.05, 0.1) is 11.6 Å². The number of aromatic nitrogens is 3. The number of aryl methyl sites for hydroxylation is 1. The first kappa shape index (κ1) is 24.1. The molecule has 3 aromatic heterocycles. The quantitative estimate of drug-likeness (QED) is 0.371. The maximum Gasteiger partial charge on any atom is 0.225 e. The zero-order chi connectivity index (χ0) is 25.4. The SMILES string of the molecule is Cc1cscc1-c1cccc2c1ccn2-c1ccnc(NC2CCC(C(=O)N3CCC(O)CC3)CC2)n1. The summed E-state index contributed by atoms with van der Waals surface area (Å²) in [6.07, 6.45) is 8.64. The zero-order valence-electron chi connectivity index (χ0n) is 21.1. The van der Waals surface area contributed by atoms with Gasteiger partial charge in [0, 0.05) is 42.8 Å². The number of hydrogen-bond donors (Lipinski definition) is 2. The fraction of sp³-hybridized carbons (Fsp3) is 0.414. The summed E-state index contributed by atoms with van der Waals surface area (Å²) in [5, 5.41) is 18.9. The van der Waals surface area contributed by atoms with E-state index >= 15 is 0 Å². The zero-order valence-corrected chi connectivity index (χ0v) is 22.0.